The molecule has 0 heterocycles. The summed E-state index contributed by atoms with van der Waals surface area (Å²) in [6, 6.07) is 17.1. The minimum Gasteiger partial charge on any atom is -0.497 e. The minimum atomic E-state index is -1.16. The van der Waals surface area contributed by atoms with Crippen LogP contribution in [0.2, 0.25) is 0 Å². The lowest BCUT2D eigenvalue weighted by molar-refractivity contribution is 0.0621. The van der Waals surface area contributed by atoms with Gasteiger partial charge in [-0.25, -0.2) is 0 Å². The molecule has 2 aromatic carbocycles. The van der Waals surface area contributed by atoms with Crippen molar-refractivity contribution in [3.8, 4) is 17.6 Å². The fraction of sp³-hybridized carbons (Fsp3) is 0.316. The Morgan fingerprint density at radius 1 is 1.13 bits per heavy atom. The largest absolute Gasteiger partial charge is 0.497 e. The van der Waals surface area contributed by atoms with Crippen LogP contribution in [0.3, 0.4) is 0 Å². The van der Waals surface area contributed by atoms with E-state index in [1.807, 2.05) is 42.5 Å². The number of rotatable bonds is 7. The molecule has 1 atom stereocenters. The molecular weight excluding hydrogens is 290 g/mol. The Bertz CT molecular complexity index is 672. The van der Waals surface area contributed by atoms with E-state index in [-0.39, 0.29) is 6.42 Å². The number of nitriles is 1. The first-order valence-corrected chi connectivity index (χ1v) is 7.51. The molecule has 0 saturated heterocycles. The van der Waals surface area contributed by atoms with E-state index in [4.69, 9.17) is 14.7 Å². The van der Waals surface area contributed by atoms with Gasteiger partial charge in [0.1, 0.15) is 11.5 Å². The van der Waals surface area contributed by atoms with Gasteiger partial charge in [0.25, 0.3) is 0 Å². The lowest BCUT2D eigenvalue weighted by atomic mass is 9.93. The third-order valence-electron chi connectivity index (χ3n) is 3.70. The normalized spacial score (nSPS) is 13.0. The van der Waals surface area contributed by atoms with Gasteiger partial charge in [0.15, 0.2) is 0 Å². The van der Waals surface area contributed by atoms with Crippen molar-refractivity contribution in [1.29, 1.82) is 5.26 Å². The number of benzene rings is 2. The number of ether oxygens (including phenoxy) is 2. The second kappa shape index (κ2) is 7.66. The van der Waals surface area contributed by atoms with E-state index in [1.165, 1.54) is 5.56 Å². The molecule has 0 saturated carbocycles. The van der Waals surface area contributed by atoms with Crippen molar-refractivity contribution >= 4 is 0 Å². The zero-order valence-electron chi connectivity index (χ0n) is 13.5. The van der Waals surface area contributed by atoms with Gasteiger partial charge < -0.3 is 14.6 Å². The van der Waals surface area contributed by atoms with Crippen LogP contribution in [-0.4, -0.2) is 18.8 Å². The van der Waals surface area contributed by atoms with Crippen molar-refractivity contribution in [3.63, 3.8) is 0 Å². The molecule has 23 heavy (non-hydrogen) atoms. The summed E-state index contributed by atoms with van der Waals surface area (Å²) in [7, 11) is 1.65. The summed E-state index contributed by atoms with van der Waals surface area (Å²) in [5.41, 5.74) is 0.684. The first kappa shape index (κ1) is 16.9. The third-order valence-corrected chi connectivity index (χ3v) is 3.70. The Hall–Kier alpha value is -2.51. The molecule has 2 aromatic rings. The molecule has 0 aromatic heterocycles. The maximum atomic E-state index is 10.3. The SMILES string of the molecule is COc1ccc(CCOc2cccc(C(C)(O)CC#N)c2)cc1. The second-order valence-electron chi connectivity index (χ2n) is 5.58. The summed E-state index contributed by atoms with van der Waals surface area (Å²) in [6.45, 7) is 2.17. The lowest BCUT2D eigenvalue weighted by Gasteiger charge is -2.21. The summed E-state index contributed by atoms with van der Waals surface area (Å²) in [4.78, 5) is 0. The van der Waals surface area contributed by atoms with Gasteiger partial charge in [0, 0.05) is 6.42 Å². The average Bonchev–Trinajstić information content (AvgIpc) is 2.56. The first-order valence-electron chi connectivity index (χ1n) is 7.51. The number of nitrogens with zero attached hydrogens (tertiary/aromatic N) is 1. The van der Waals surface area contributed by atoms with Crippen LogP contribution in [0.15, 0.2) is 48.5 Å². The highest BCUT2D eigenvalue weighted by Gasteiger charge is 2.23. The Morgan fingerprint density at radius 2 is 1.87 bits per heavy atom. The van der Waals surface area contributed by atoms with Crippen molar-refractivity contribution in [2.75, 3.05) is 13.7 Å². The average molecular weight is 311 g/mol. The maximum absolute atomic E-state index is 10.3. The Balaban J connectivity index is 1.94. The van der Waals surface area contributed by atoms with Crippen molar-refractivity contribution in [2.24, 2.45) is 0 Å². The molecule has 0 aliphatic rings. The molecular formula is C19H21NO3. The molecule has 0 fully saturated rings. The van der Waals surface area contributed by atoms with Crippen molar-refractivity contribution in [3.05, 3.63) is 59.7 Å². The number of methoxy groups -OCH3 is 1. The van der Waals surface area contributed by atoms with Gasteiger partial charge in [0.2, 0.25) is 0 Å². The molecule has 0 spiro atoms. The van der Waals surface area contributed by atoms with Gasteiger partial charge >= 0.3 is 0 Å². The molecule has 4 heteroatoms. The Morgan fingerprint density at radius 3 is 2.52 bits per heavy atom. The molecule has 0 radical (unpaired) electrons. The molecule has 120 valence electrons. The first-order chi connectivity index (χ1) is 11.0. The lowest BCUT2D eigenvalue weighted by Crippen LogP contribution is -2.20. The topological polar surface area (TPSA) is 62.5 Å². The Kier molecular flexibility index (Phi) is 5.61. The molecule has 4 nitrogen and oxygen atoms in total. The highest BCUT2D eigenvalue weighted by atomic mass is 16.5. The molecule has 0 aliphatic heterocycles. The number of hydrogen-bond acceptors (Lipinski definition) is 4. The maximum Gasteiger partial charge on any atom is 0.119 e. The van der Waals surface area contributed by atoms with Crippen molar-refractivity contribution < 1.29 is 14.6 Å². The standard InChI is InChI=1S/C19H21NO3/c1-19(21,11-12-20)16-4-3-5-18(14-16)23-13-10-15-6-8-17(22-2)9-7-15/h3-9,14,21H,10-11,13H2,1-2H3. The summed E-state index contributed by atoms with van der Waals surface area (Å²) >= 11 is 0. The van der Waals surface area contributed by atoms with Crippen LogP contribution in [0.1, 0.15) is 24.5 Å². The van der Waals surface area contributed by atoms with Gasteiger partial charge in [-0.1, -0.05) is 24.3 Å². The highest BCUT2D eigenvalue weighted by molar-refractivity contribution is 5.33. The van der Waals surface area contributed by atoms with Gasteiger partial charge in [-0.2, -0.15) is 5.26 Å². The van der Waals surface area contributed by atoms with Crippen LogP contribution < -0.4 is 9.47 Å². The van der Waals surface area contributed by atoms with Crippen LogP contribution in [0.4, 0.5) is 0 Å². The van der Waals surface area contributed by atoms with E-state index in [1.54, 1.807) is 26.2 Å². The van der Waals surface area contributed by atoms with Crippen LogP contribution in [0.5, 0.6) is 11.5 Å². The predicted molar refractivity (Wildman–Crippen MR) is 88.4 cm³/mol. The van der Waals surface area contributed by atoms with Gasteiger partial charge in [-0.3, -0.25) is 0 Å². The summed E-state index contributed by atoms with van der Waals surface area (Å²) in [6.07, 6.45) is 0.825. The molecule has 1 N–H and O–H groups in total. The zero-order valence-corrected chi connectivity index (χ0v) is 13.5. The summed E-state index contributed by atoms with van der Waals surface area (Å²) in [5.74, 6) is 1.52. The molecule has 1 unspecified atom stereocenters. The molecule has 2 rings (SSSR count). The molecule has 0 bridgehead atoms. The fourth-order valence-corrected chi connectivity index (χ4v) is 2.26. The van der Waals surface area contributed by atoms with Gasteiger partial charge in [-0.05, 0) is 42.3 Å². The summed E-state index contributed by atoms with van der Waals surface area (Å²) < 4.78 is 10.9. The molecule has 0 aliphatic carbocycles. The summed E-state index contributed by atoms with van der Waals surface area (Å²) in [5, 5.41) is 19.1. The van der Waals surface area contributed by atoms with E-state index in [2.05, 4.69) is 0 Å². The van der Waals surface area contributed by atoms with E-state index >= 15 is 0 Å². The van der Waals surface area contributed by atoms with E-state index in [0.29, 0.717) is 17.9 Å². The molecule has 0 amide bonds. The van der Waals surface area contributed by atoms with Crippen molar-refractivity contribution in [2.45, 2.75) is 25.4 Å². The second-order valence-corrected chi connectivity index (χ2v) is 5.58. The quantitative estimate of drug-likeness (QED) is 0.851. The van der Waals surface area contributed by atoms with E-state index in [9.17, 15) is 5.11 Å². The predicted octanol–water partition coefficient (Wildman–Crippen LogP) is 3.44. The van der Waals surface area contributed by atoms with Crippen LogP contribution in [0, 0.1) is 11.3 Å². The number of aliphatic hydroxyl groups is 1. The highest BCUT2D eigenvalue weighted by Crippen LogP contribution is 2.27. The number of hydrogen-bond donors (Lipinski definition) is 1. The van der Waals surface area contributed by atoms with E-state index < -0.39 is 5.60 Å². The zero-order chi connectivity index (χ0) is 16.7. The van der Waals surface area contributed by atoms with Gasteiger partial charge in [-0.15, -0.1) is 0 Å². The van der Waals surface area contributed by atoms with Crippen molar-refractivity contribution in [1.82, 2.24) is 0 Å². The smallest absolute Gasteiger partial charge is 0.119 e. The third kappa shape index (κ3) is 4.73. The van der Waals surface area contributed by atoms with Crippen LogP contribution in [-0.2, 0) is 12.0 Å². The van der Waals surface area contributed by atoms with E-state index in [0.717, 1.165) is 12.2 Å². The van der Waals surface area contributed by atoms with Gasteiger partial charge in [0.05, 0.1) is 31.8 Å². The fourth-order valence-electron chi connectivity index (χ4n) is 2.26. The van der Waals surface area contributed by atoms with Crippen LogP contribution >= 0.6 is 0 Å². The monoisotopic (exact) mass is 311 g/mol. The van der Waals surface area contributed by atoms with Crippen LogP contribution in [0.25, 0.3) is 0 Å². The Labute approximate surface area is 136 Å². The minimum absolute atomic E-state index is 0.0439.